The summed E-state index contributed by atoms with van der Waals surface area (Å²) in [4.78, 5) is 2.56. The van der Waals surface area contributed by atoms with Crippen LogP contribution in [0.3, 0.4) is 0 Å². The summed E-state index contributed by atoms with van der Waals surface area (Å²) in [5.74, 6) is 0. The molecule has 0 spiro atoms. The van der Waals surface area contributed by atoms with Crippen molar-refractivity contribution in [3.8, 4) is 0 Å². The molecule has 3 aliphatic heterocycles. The predicted octanol–water partition coefficient (Wildman–Crippen LogP) is 4.59. The maximum absolute atomic E-state index is 6.66. The first-order valence-electron chi connectivity index (χ1n) is 10.9. The van der Waals surface area contributed by atoms with Gasteiger partial charge >= 0.3 is 0 Å². The van der Waals surface area contributed by atoms with Gasteiger partial charge in [0.2, 0.25) is 0 Å². The minimum absolute atomic E-state index is 0.981. The molecule has 3 aliphatic rings. The van der Waals surface area contributed by atoms with Crippen LogP contribution in [0.2, 0.25) is 0 Å². The second-order valence-electron chi connectivity index (χ2n) is 9.70. The van der Waals surface area contributed by atoms with Crippen LogP contribution in [-0.4, -0.2) is 19.5 Å². The zero-order chi connectivity index (χ0) is 23.0. The van der Waals surface area contributed by atoms with Gasteiger partial charge in [0.1, 0.15) is 0 Å². The third kappa shape index (κ3) is 2.45. The molecule has 3 aromatic rings. The fourth-order valence-corrected chi connectivity index (χ4v) is 16.3. The first-order valence-corrected chi connectivity index (χ1v) is 20.4. The highest BCUT2D eigenvalue weighted by Gasteiger charge is 2.49. The van der Waals surface area contributed by atoms with Gasteiger partial charge in [0.05, 0.1) is 17.1 Å². The summed E-state index contributed by atoms with van der Waals surface area (Å²) in [6.07, 6.45) is 0.981. The van der Waals surface area contributed by atoms with Crippen LogP contribution in [0.25, 0.3) is 0 Å². The van der Waals surface area contributed by atoms with E-state index in [1.807, 2.05) is 0 Å². The molecule has 7 heteroatoms. The van der Waals surface area contributed by atoms with Gasteiger partial charge in [-0.2, -0.15) is 0 Å². The molecule has 0 aliphatic carbocycles. The molecule has 0 aromatic heterocycles. The number of nitrogens with zero attached hydrogens (tertiary/aromatic N) is 1. The summed E-state index contributed by atoms with van der Waals surface area (Å²) in [7, 11) is 0. The van der Waals surface area contributed by atoms with Crippen molar-refractivity contribution in [2.75, 3.05) is 24.4 Å². The van der Waals surface area contributed by atoms with E-state index in [-0.39, 0.29) is 0 Å². The molecular formula is C25H26NP3S3. The van der Waals surface area contributed by atoms with E-state index in [0.29, 0.717) is 0 Å². The van der Waals surface area contributed by atoms with Gasteiger partial charge in [-0.1, -0.05) is 42.3 Å². The van der Waals surface area contributed by atoms with Crippen molar-refractivity contribution in [2.24, 2.45) is 0 Å². The molecule has 3 aromatic carbocycles. The van der Waals surface area contributed by atoms with Gasteiger partial charge in [-0.25, -0.2) is 0 Å². The van der Waals surface area contributed by atoms with Crippen molar-refractivity contribution >= 4 is 102 Å². The van der Waals surface area contributed by atoms with Gasteiger partial charge in [-0.05, 0) is 93.4 Å². The maximum atomic E-state index is 6.66. The van der Waals surface area contributed by atoms with Gasteiger partial charge in [0.15, 0.2) is 0 Å². The molecular weight excluding hydrogens is 503 g/mol. The first kappa shape index (κ1) is 21.9. The molecule has 2 unspecified atom stereocenters. The normalized spacial score (nSPS) is 28.5. The minimum Gasteiger partial charge on any atom is -0.306 e. The molecule has 3 heterocycles. The van der Waals surface area contributed by atoms with Gasteiger partial charge in [-0.3, -0.25) is 0 Å². The predicted molar refractivity (Wildman–Crippen MR) is 158 cm³/mol. The Labute approximate surface area is 206 Å². The van der Waals surface area contributed by atoms with Crippen LogP contribution in [0.5, 0.6) is 0 Å². The van der Waals surface area contributed by atoms with Gasteiger partial charge in [0.25, 0.3) is 0 Å². The summed E-state index contributed by atoms with van der Waals surface area (Å²) in [5, 5.41) is 8.11. The van der Waals surface area contributed by atoms with Crippen LogP contribution >= 0.6 is 18.1 Å². The molecule has 0 bridgehead atoms. The number of benzene rings is 3. The average Bonchev–Trinajstić information content (AvgIpc) is 2.72. The largest absolute Gasteiger partial charge is 0.306 e. The Morgan fingerprint density at radius 1 is 0.594 bits per heavy atom. The molecule has 32 heavy (non-hydrogen) atoms. The molecule has 0 saturated heterocycles. The summed E-state index contributed by atoms with van der Waals surface area (Å²) in [6, 6.07) is 8.25. The Bertz CT molecular complexity index is 1460. The molecule has 164 valence electrons. The fourth-order valence-electron chi connectivity index (χ4n) is 5.83. The van der Waals surface area contributed by atoms with Crippen molar-refractivity contribution in [3.63, 3.8) is 0 Å². The molecule has 0 saturated carbocycles. The minimum atomic E-state index is -1.97. The van der Waals surface area contributed by atoms with Gasteiger partial charge < -0.3 is 4.90 Å². The van der Waals surface area contributed by atoms with Crippen LogP contribution in [0.1, 0.15) is 23.6 Å². The molecule has 0 fully saturated rings. The maximum Gasteiger partial charge on any atom is 0.0638 e. The Morgan fingerprint density at radius 2 is 0.875 bits per heavy atom. The molecule has 6 rings (SSSR count). The Hall–Kier alpha value is -0.590. The second-order valence-corrected chi connectivity index (χ2v) is 24.6. The van der Waals surface area contributed by atoms with Crippen LogP contribution < -0.4 is 36.7 Å². The van der Waals surface area contributed by atoms with Crippen molar-refractivity contribution in [2.45, 2.75) is 27.7 Å². The van der Waals surface area contributed by atoms with E-state index in [0.717, 1.165) is 6.16 Å². The zero-order valence-electron chi connectivity index (χ0n) is 19.2. The van der Waals surface area contributed by atoms with Gasteiger partial charge in [-0.15, -0.1) is 0 Å². The second kappa shape index (κ2) is 6.54. The zero-order valence-corrected chi connectivity index (χ0v) is 24.3. The number of rotatable bonds is 1. The molecule has 0 amide bonds. The molecule has 0 radical (unpaired) electrons. The summed E-state index contributed by atoms with van der Waals surface area (Å²) in [6.45, 7) is 13.5. The number of aryl methyl sites for hydroxylation is 3. The lowest BCUT2D eigenvalue weighted by Crippen LogP contribution is -2.50. The molecule has 0 N–H and O–H groups in total. The quantitative estimate of drug-likeness (QED) is 0.424. The van der Waals surface area contributed by atoms with E-state index in [2.05, 4.69) is 82.3 Å². The Kier molecular flexibility index (Phi) is 4.48. The smallest absolute Gasteiger partial charge is 0.0638 e. The number of hydrogen-bond donors (Lipinski definition) is 0. The molecule has 2 atom stereocenters. The monoisotopic (exact) mass is 529 g/mol. The third-order valence-corrected chi connectivity index (χ3v) is 19.9. The van der Waals surface area contributed by atoms with Crippen molar-refractivity contribution in [3.05, 3.63) is 53.1 Å². The highest BCUT2D eigenvalue weighted by atomic mass is 32.4. The standard InChI is InChI=1S/C25H26NP3S3/c1-7-29(32)21-12-15(3)10-19-24(21)26-23-17(27(19,5)30)8-14(2)9-18(23)28(6,31)20-11-16(4)13-22(29)25(20)26/h8-13H,7H2,1-6H3. The lowest BCUT2D eigenvalue weighted by atomic mass is 10.1. The van der Waals surface area contributed by atoms with E-state index < -0.39 is 18.1 Å². The van der Waals surface area contributed by atoms with E-state index in [1.165, 1.54) is 65.6 Å². The van der Waals surface area contributed by atoms with Crippen molar-refractivity contribution < 1.29 is 0 Å². The van der Waals surface area contributed by atoms with Crippen LogP contribution in [0.15, 0.2) is 36.4 Å². The summed E-state index contributed by atoms with van der Waals surface area (Å²) >= 11 is 19.7. The SMILES string of the molecule is CCP1(=S)c2cc(C)cc3c2N2c4c(cc(C)cc4P(C)(=S)c4cc(C)cc1c42)P3(C)=S. The average molecular weight is 530 g/mol. The fraction of sp³-hybridized carbons (Fsp3) is 0.280. The van der Waals surface area contributed by atoms with Gasteiger partial charge in [0, 0.05) is 49.9 Å². The molecule has 1 nitrogen and oxygen atoms in total. The third-order valence-electron chi connectivity index (χ3n) is 7.38. The Balaban J connectivity index is 1.94. The van der Waals surface area contributed by atoms with Crippen molar-refractivity contribution in [1.29, 1.82) is 0 Å². The lowest BCUT2D eigenvalue weighted by Gasteiger charge is -2.51. The van der Waals surface area contributed by atoms with E-state index >= 15 is 0 Å². The summed E-state index contributed by atoms with van der Waals surface area (Å²) < 4.78 is 0. The number of hydrogen-bond acceptors (Lipinski definition) is 4. The van der Waals surface area contributed by atoms with Crippen LogP contribution in [0.4, 0.5) is 17.1 Å². The van der Waals surface area contributed by atoms with E-state index in [4.69, 9.17) is 35.4 Å². The van der Waals surface area contributed by atoms with Crippen molar-refractivity contribution in [1.82, 2.24) is 0 Å². The summed E-state index contributed by atoms with van der Waals surface area (Å²) in [5.41, 5.74) is 7.77. The first-order chi connectivity index (χ1) is 14.9. The van der Waals surface area contributed by atoms with E-state index in [1.54, 1.807) is 0 Å². The highest BCUT2D eigenvalue weighted by Crippen LogP contribution is 2.64. The van der Waals surface area contributed by atoms with E-state index in [9.17, 15) is 0 Å². The van der Waals surface area contributed by atoms with Crippen LogP contribution in [-0.2, 0) is 35.4 Å². The highest BCUT2D eigenvalue weighted by molar-refractivity contribution is 8.24. The number of anilines is 3. The Morgan fingerprint density at radius 3 is 1.19 bits per heavy atom. The lowest BCUT2D eigenvalue weighted by molar-refractivity contribution is 1.30. The topological polar surface area (TPSA) is 3.24 Å². The van der Waals surface area contributed by atoms with Crippen LogP contribution in [0, 0.1) is 20.8 Å².